The Hall–Kier alpha value is -1.31. The third-order valence-corrected chi connectivity index (χ3v) is 3.66. The summed E-state index contributed by atoms with van der Waals surface area (Å²) >= 11 is 0. The molecule has 1 aromatic rings. The maximum Gasteiger partial charge on any atom is 0.254 e. The van der Waals surface area contributed by atoms with E-state index in [2.05, 4.69) is 26.5 Å². The van der Waals surface area contributed by atoms with Crippen molar-refractivity contribution in [1.29, 1.82) is 0 Å². The minimum atomic E-state index is 0.167. The van der Waals surface area contributed by atoms with Crippen LogP contribution in [0.3, 0.4) is 0 Å². The minimum absolute atomic E-state index is 0.167. The topological polar surface area (TPSA) is 22.0 Å². The molecule has 0 aliphatic heterocycles. The van der Waals surface area contributed by atoms with Gasteiger partial charge in [-0.2, -0.15) is 0 Å². The fourth-order valence-electron chi connectivity index (χ4n) is 2.50. The van der Waals surface area contributed by atoms with Crippen molar-refractivity contribution in [3.8, 4) is 0 Å². The second-order valence-corrected chi connectivity index (χ2v) is 5.53. The number of unbranched alkanes of at least 4 members (excludes halogenated alkanes) is 4. The molecular formula is C18H29NO. The number of aromatic nitrogens is 1. The summed E-state index contributed by atoms with van der Waals surface area (Å²) in [6.45, 7) is 8.77. The van der Waals surface area contributed by atoms with Gasteiger partial charge in [0, 0.05) is 18.3 Å². The Morgan fingerprint density at radius 2 is 1.75 bits per heavy atom. The Labute approximate surface area is 123 Å². The van der Waals surface area contributed by atoms with Gasteiger partial charge in [-0.05, 0) is 37.3 Å². The average molecular weight is 275 g/mol. The molecule has 0 aliphatic rings. The van der Waals surface area contributed by atoms with E-state index in [-0.39, 0.29) is 5.56 Å². The number of pyridine rings is 1. The number of allylic oxidation sites excluding steroid dienone is 1. The molecule has 0 aliphatic carbocycles. The van der Waals surface area contributed by atoms with Crippen LogP contribution in [0.5, 0.6) is 0 Å². The fraction of sp³-hybridized carbons (Fsp3) is 0.611. The molecule has 0 saturated heterocycles. The van der Waals surface area contributed by atoms with Crippen molar-refractivity contribution in [2.45, 2.75) is 71.8 Å². The highest BCUT2D eigenvalue weighted by Crippen LogP contribution is 2.10. The number of hydrogen-bond acceptors (Lipinski definition) is 1. The average Bonchev–Trinajstić information content (AvgIpc) is 2.44. The van der Waals surface area contributed by atoms with E-state index in [9.17, 15) is 4.79 Å². The summed E-state index contributed by atoms with van der Waals surface area (Å²) in [6.07, 6.45) is 13.0. The normalized spacial score (nSPS) is 10.7. The smallest absolute Gasteiger partial charge is 0.254 e. The van der Waals surface area contributed by atoms with Crippen LogP contribution >= 0.6 is 0 Å². The molecule has 0 unspecified atom stereocenters. The molecule has 0 aromatic carbocycles. The van der Waals surface area contributed by atoms with Crippen LogP contribution in [0.2, 0.25) is 0 Å². The highest BCUT2D eigenvalue weighted by molar-refractivity contribution is 5.20. The van der Waals surface area contributed by atoms with Crippen molar-refractivity contribution in [2.75, 3.05) is 0 Å². The summed E-state index contributed by atoms with van der Waals surface area (Å²) in [6, 6.07) is 2.13. The van der Waals surface area contributed by atoms with E-state index in [0.29, 0.717) is 6.54 Å². The lowest BCUT2D eigenvalue weighted by Gasteiger charge is -2.10. The van der Waals surface area contributed by atoms with E-state index in [1.54, 1.807) is 6.08 Å². The van der Waals surface area contributed by atoms with Crippen LogP contribution in [0.15, 0.2) is 29.7 Å². The van der Waals surface area contributed by atoms with Gasteiger partial charge in [0.15, 0.2) is 0 Å². The molecule has 0 bridgehead atoms. The van der Waals surface area contributed by atoms with Gasteiger partial charge < -0.3 is 4.57 Å². The summed E-state index contributed by atoms with van der Waals surface area (Å²) < 4.78 is 1.82. The van der Waals surface area contributed by atoms with Crippen molar-refractivity contribution in [3.05, 3.63) is 46.4 Å². The molecule has 2 heteroatoms. The molecule has 0 amide bonds. The molecule has 0 atom stereocenters. The van der Waals surface area contributed by atoms with E-state index in [1.807, 2.05) is 10.8 Å². The molecule has 20 heavy (non-hydrogen) atoms. The van der Waals surface area contributed by atoms with Crippen LogP contribution in [-0.2, 0) is 19.4 Å². The Kier molecular flexibility index (Phi) is 8.01. The maximum absolute atomic E-state index is 12.4. The number of nitrogens with zero attached hydrogens (tertiary/aromatic N) is 1. The zero-order chi connectivity index (χ0) is 14.8. The number of aryl methyl sites for hydroxylation is 2. The van der Waals surface area contributed by atoms with Crippen LogP contribution in [0.25, 0.3) is 0 Å². The summed E-state index contributed by atoms with van der Waals surface area (Å²) in [7, 11) is 0. The van der Waals surface area contributed by atoms with E-state index in [1.165, 1.54) is 37.7 Å². The molecule has 0 spiro atoms. The Morgan fingerprint density at radius 1 is 1.10 bits per heavy atom. The molecule has 1 heterocycles. The molecule has 2 nitrogen and oxygen atoms in total. The van der Waals surface area contributed by atoms with Crippen molar-refractivity contribution in [1.82, 2.24) is 4.57 Å². The summed E-state index contributed by atoms with van der Waals surface area (Å²) in [4.78, 5) is 12.4. The third kappa shape index (κ3) is 5.36. The molecule has 1 rings (SSSR count). The first-order valence-electron chi connectivity index (χ1n) is 8.06. The van der Waals surface area contributed by atoms with Crippen LogP contribution < -0.4 is 5.56 Å². The molecule has 0 N–H and O–H groups in total. The zero-order valence-corrected chi connectivity index (χ0v) is 13.2. The maximum atomic E-state index is 12.4. The second-order valence-electron chi connectivity index (χ2n) is 5.53. The zero-order valence-electron chi connectivity index (χ0n) is 13.2. The van der Waals surface area contributed by atoms with Crippen LogP contribution in [-0.4, -0.2) is 4.57 Å². The van der Waals surface area contributed by atoms with E-state index < -0.39 is 0 Å². The molecule has 0 radical (unpaired) electrons. The second kappa shape index (κ2) is 9.57. The molecular weight excluding hydrogens is 246 g/mol. The van der Waals surface area contributed by atoms with Gasteiger partial charge >= 0.3 is 0 Å². The first-order valence-corrected chi connectivity index (χ1v) is 8.06. The Bertz CT molecular complexity index is 459. The standard InChI is InChI=1S/C18H29NO/c1-4-7-9-11-16-14-17(12-10-8-5-2)18(20)19(15-16)13-6-3/h6,14-15H,3-5,7-13H2,1-2H3. The van der Waals surface area contributed by atoms with E-state index in [0.717, 1.165) is 24.8 Å². The van der Waals surface area contributed by atoms with Crippen molar-refractivity contribution in [2.24, 2.45) is 0 Å². The summed E-state index contributed by atoms with van der Waals surface area (Å²) in [5, 5.41) is 0. The highest BCUT2D eigenvalue weighted by Gasteiger charge is 2.06. The number of hydrogen-bond donors (Lipinski definition) is 0. The molecule has 0 saturated carbocycles. The van der Waals surface area contributed by atoms with Gasteiger partial charge in [-0.15, -0.1) is 6.58 Å². The quantitative estimate of drug-likeness (QED) is 0.455. The third-order valence-electron chi connectivity index (χ3n) is 3.66. The van der Waals surface area contributed by atoms with Crippen LogP contribution in [0.1, 0.15) is 63.5 Å². The van der Waals surface area contributed by atoms with Gasteiger partial charge in [-0.3, -0.25) is 4.79 Å². The highest BCUT2D eigenvalue weighted by atomic mass is 16.1. The van der Waals surface area contributed by atoms with Gasteiger partial charge in [-0.1, -0.05) is 45.6 Å². The molecule has 0 fully saturated rings. The lowest BCUT2D eigenvalue weighted by Crippen LogP contribution is -2.23. The van der Waals surface area contributed by atoms with Crippen LogP contribution in [0, 0.1) is 0 Å². The SMILES string of the molecule is C=CCn1cc(CCCCC)cc(CCCCC)c1=O. The molecule has 1 aromatic heterocycles. The summed E-state index contributed by atoms with van der Waals surface area (Å²) in [5.41, 5.74) is 2.45. The van der Waals surface area contributed by atoms with Gasteiger partial charge in [0.25, 0.3) is 5.56 Å². The van der Waals surface area contributed by atoms with Crippen molar-refractivity contribution in [3.63, 3.8) is 0 Å². The largest absolute Gasteiger partial charge is 0.311 e. The van der Waals surface area contributed by atoms with Gasteiger partial charge in [0.05, 0.1) is 0 Å². The predicted molar refractivity (Wildman–Crippen MR) is 87.4 cm³/mol. The van der Waals surface area contributed by atoms with Gasteiger partial charge in [-0.25, -0.2) is 0 Å². The predicted octanol–water partition coefficient (Wildman–Crippen LogP) is 4.50. The van der Waals surface area contributed by atoms with Gasteiger partial charge in [0.2, 0.25) is 0 Å². The molecule has 112 valence electrons. The van der Waals surface area contributed by atoms with Crippen molar-refractivity contribution < 1.29 is 0 Å². The van der Waals surface area contributed by atoms with Crippen molar-refractivity contribution >= 4 is 0 Å². The minimum Gasteiger partial charge on any atom is -0.311 e. The summed E-state index contributed by atoms with van der Waals surface area (Å²) in [5.74, 6) is 0. The fourth-order valence-corrected chi connectivity index (χ4v) is 2.50. The monoisotopic (exact) mass is 275 g/mol. The Morgan fingerprint density at radius 3 is 2.35 bits per heavy atom. The lowest BCUT2D eigenvalue weighted by molar-refractivity contribution is 0.679. The Balaban J connectivity index is 2.88. The van der Waals surface area contributed by atoms with Gasteiger partial charge in [0.1, 0.15) is 0 Å². The first kappa shape index (κ1) is 16.7. The first-order chi connectivity index (χ1) is 9.72. The lowest BCUT2D eigenvalue weighted by atomic mass is 10.0. The number of rotatable bonds is 10. The van der Waals surface area contributed by atoms with E-state index in [4.69, 9.17) is 0 Å². The van der Waals surface area contributed by atoms with Crippen LogP contribution in [0.4, 0.5) is 0 Å². The van der Waals surface area contributed by atoms with E-state index >= 15 is 0 Å².